The highest BCUT2D eigenvalue weighted by atomic mass is 16.2. The van der Waals surface area contributed by atoms with Gasteiger partial charge in [0.2, 0.25) is 5.91 Å². The molecule has 0 radical (unpaired) electrons. The number of anilines is 1. The lowest BCUT2D eigenvalue weighted by molar-refractivity contribution is -0.119. The largest absolute Gasteiger partial charge is 0.337 e. The molecular formula is C25H32N6O2. The third-order valence-electron chi connectivity index (χ3n) is 7.45. The van der Waals surface area contributed by atoms with E-state index in [-0.39, 0.29) is 17.7 Å². The zero-order chi connectivity index (χ0) is 22.8. The van der Waals surface area contributed by atoms with Gasteiger partial charge in [0.15, 0.2) is 0 Å². The van der Waals surface area contributed by atoms with Crippen LogP contribution in [0.5, 0.6) is 0 Å². The number of likely N-dealkylation sites (tertiary alicyclic amines) is 1. The van der Waals surface area contributed by atoms with Crippen LogP contribution in [0.25, 0.3) is 0 Å². The van der Waals surface area contributed by atoms with Gasteiger partial charge in [0.05, 0.1) is 6.20 Å². The predicted octanol–water partition coefficient (Wildman–Crippen LogP) is 3.45. The number of amides is 2. The summed E-state index contributed by atoms with van der Waals surface area (Å²) in [4.78, 5) is 47.4. The monoisotopic (exact) mass is 448 g/mol. The molecule has 0 bridgehead atoms. The lowest BCUT2D eigenvalue weighted by Gasteiger charge is -2.35. The van der Waals surface area contributed by atoms with Crippen molar-refractivity contribution in [3.63, 3.8) is 0 Å². The SMILES string of the molecule is Cc1nc(C2CCN(C(=O)c3cnccn3)CC2)nc2c1CCC(=O)N2CC1CCCCC1. The molecule has 0 aromatic carbocycles. The Balaban J connectivity index is 1.32. The van der Waals surface area contributed by atoms with Crippen LogP contribution >= 0.6 is 0 Å². The summed E-state index contributed by atoms with van der Waals surface area (Å²) in [5.74, 6) is 2.55. The van der Waals surface area contributed by atoms with Gasteiger partial charge in [0, 0.05) is 55.6 Å². The number of carbonyl (C=O) groups is 2. The molecule has 0 unspecified atom stereocenters. The summed E-state index contributed by atoms with van der Waals surface area (Å²) in [6, 6.07) is 0. The molecule has 33 heavy (non-hydrogen) atoms. The Labute approximate surface area is 194 Å². The molecule has 2 fully saturated rings. The van der Waals surface area contributed by atoms with E-state index in [1.165, 1.54) is 38.3 Å². The minimum Gasteiger partial charge on any atom is -0.337 e. The van der Waals surface area contributed by atoms with Crippen molar-refractivity contribution in [1.29, 1.82) is 0 Å². The van der Waals surface area contributed by atoms with Crippen LogP contribution in [0, 0.1) is 12.8 Å². The molecule has 2 amide bonds. The van der Waals surface area contributed by atoms with Crippen molar-refractivity contribution in [2.45, 2.75) is 70.6 Å². The van der Waals surface area contributed by atoms with Crippen LogP contribution in [-0.4, -0.2) is 56.3 Å². The predicted molar refractivity (Wildman–Crippen MR) is 124 cm³/mol. The summed E-state index contributed by atoms with van der Waals surface area (Å²) in [7, 11) is 0. The minimum atomic E-state index is -0.0756. The van der Waals surface area contributed by atoms with E-state index in [9.17, 15) is 9.59 Å². The highest BCUT2D eigenvalue weighted by Gasteiger charge is 2.33. The number of fused-ring (bicyclic) bond motifs is 1. The van der Waals surface area contributed by atoms with Crippen molar-refractivity contribution in [3.8, 4) is 0 Å². The molecule has 3 aliphatic rings. The number of aryl methyl sites for hydroxylation is 1. The zero-order valence-corrected chi connectivity index (χ0v) is 19.4. The molecule has 0 atom stereocenters. The topological polar surface area (TPSA) is 92.2 Å². The summed E-state index contributed by atoms with van der Waals surface area (Å²) in [5.41, 5.74) is 2.51. The molecule has 1 saturated heterocycles. The molecule has 2 aromatic heterocycles. The number of aromatic nitrogens is 4. The fraction of sp³-hybridized carbons (Fsp3) is 0.600. The molecule has 174 valence electrons. The van der Waals surface area contributed by atoms with Gasteiger partial charge in [0.1, 0.15) is 17.3 Å². The Morgan fingerprint density at radius 1 is 1.03 bits per heavy atom. The maximum Gasteiger partial charge on any atom is 0.274 e. The Morgan fingerprint density at radius 3 is 2.55 bits per heavy atom. The van der Waals surface area contributed by atoms with E-state index in [0.717, 1.165) is 48.7 Å². The van der Waals surface area contributed by atoms with Gasteiger partial charge >= 0.3 is 0 Å². The molecule has 1 aliphatic carbocycles. The third-order valence-corrected chi connectivity index (χ3v) is 7.45. The summed E-state index contributed by atoms with van der Waals surface area (Å²) in [5, 5.41) is 0. The molecule has 1 saturated carbocycles. The second-order valence-electron chi connectivity index (χ2n) is 9.63. The molecule has 2 aromatic rings. The van der Waals surface area contributed by atoms with Crippen molar-refractivity contribution >= 4 is 17.6 Å². The summed E-state index contributed by atoms with van der Waals surface area (Å²) in [6.07, 6.45) is 13.8. The van der Waals surface area contributed by atoms with E-state index in [2.05, 4.69) is 9.97 Å². The van der Waals surface area contributed by atoms with Crippen molar-refractivity contribution < 1.29 is 9.59 Å². The van der Waals surface area contributed by atoms with E-state index < -0.39 is 0 Å². The van der Waals surface area contributed by atoms with Crippen LogP contribution in [0.3, 0.4) is 0 Å². The van der Waals surface area contributed by atoms with Crippen molar-refractivity contribution in [2.24, 2.45) is 5.92 Å². The van der Waals surface area contributed by atoms with Gasteiger partial charge in [-0.05, 0) is 44.9 Å². The molecule has 0 N–H and O–H groups in total. The maximum absolute atomic E-state index is 12.9. The maximum atomic E-state index is 12.9. The second kappa shape index (κ2) is 9.53. The average molecular weight is 449 g/mol. The highest BCUT2D eigenvalue weighted by molar-refractivity contribution is 5.95. The lowest BCUT2D eigenvalue weighted by Crippen LogP contribution is -2.41. The van der Waals surface area contributed by atoms with Gasteiger partial charge in [-0.2, -0.15) is 0 Å². The van der Waals surface area contributed by atoms with E-state index in [0.29, 0.717) is 31.1 Å². The van der Waals surface area contributed by atoms with Crippen LogP contribution in [0.4, 0.5) is 5.82 Å². The van der Waals surface area contributed by atoms with Crippen molar-refractivity contribution in [3.05, 3.63) is 41.4 Å². The van der Waals surface area contributed by atoms with Gasteiger partial charge in [-0.1, -0.05) is 19.3 Å². The van der Waals surface area contributed by atoms with E-state index in [4.69, 9.17) is 9.97 Å². The van der Waals surface area contributed by atoms with Crippen LogP contribution in [-0.2, 0) is 11.2 Å². The quantitative estimate of drug-likeness (QED) is 0.711. The fourth-order valence-corrected chi connectivity index (χ4v) is 5.51. The number of carbonyl (C=O) groups excluding carboxylic acids is 2. The van der Waals surface area contributed by atoms with Gasteiger partial charge in [0.25, 0.3) is 5.91 Å². The summed E-state index contributed by atoms with van der Waals surface area (Å²) in [6.45, 7) is 4.12. The number of nitrogens with zero attached hydrogens (tertiary/aromatic N) is 6. The Hall–Kier alpha value is -2.90. The first kappa shape index (κ1) is 21.9. The Morgan fingerprint density at radius 2 is 1.82 bits per heavy atom. The second-order valence-corrected chi connectivity index (χ2v) is 9.63. The molecule has 0 spiro atoms. The smallest absolute Gasteiger partial charge is 0.274 e. The first-order chi connectivity index (χ1) is 16.1. The standard InChI is InChI=1S/C25H32N6O2/c1-17-20-7-8-22(32)31(16-18-5-3-2-4-6-18)24(20)29-23(28-17)19-9-13-30(14-10-19)25(33)21-15-26-11-12-27-21/h11-12,15,18-19H,2-10,13-14,16H2,1H3. The van der Waals surface area contributed by atoms with Crippen LogP contribution in [0.2, 0.25) is 0 Å². The van der Waals surface area contributed by atoms with Gasteiger partial charge in [-0.15, -0.1) is 0 Å². The van der Waals surface area contributed by atoms with E-state index in [1.54, 1.807) is 12.4 Å². The first-order valence-electron chi connectivity index (χ1n) is 12.3. The minimum absolute atomic E-state index is 0.0756. The van der Waals surface area contributed by atoms with Gasteiger partial charge in [-0.25, -0.2) is 15.0 Å². The van der Waals surface area contributed by atoms with Gasteiger partial charge in [-0.3, -0.25) is 19.5 Å². The molecule has 8 nitrogen and oxygen atoms in total. The average Bonchev–Trinajstić information content (AvgIpc) is 2.86. The fourth-order valence-electron chi connectivity index (χ4n) is 5.51. The molecule has 2 aliphatic heterocycles. The number of hydrogen-bond acceptors (Lipinski definition) is 6. The normalized spacial score (nSPS) is 20.1. The zero-order valence-electron chi connectivity index (χ0n) is 19.4. The molecule has 4 heterocycles. The molecular weight excluding hydrogens is 416 g/mol. The van der Waals surface area contributed by atoms with E-state index in [1.807, 2.05) is 16.7 Å². The van der Waals surface area contributed by atoms with E-state index >= 15 is 0 Å². The lowest BCUT2D eigenvalue weighted by atomic mass is 9.88. The van der Waals surface area contributed by atoms with Crippen LogP contribution in [0.15, 0.2) is 18.6 Å². The number of piperidine rings is 1. The third kappa shape index (κ3) is 4.61. The van der Waals surface area contributed by atoms with Crippen LogP contribution in [0.1, 0.15) is 84.9 Å². The summed E-state index contributed by atoms with van der Waals surface area (Å²) < 4.78 is 0. The van der Waals surface area contributed by atoms with Gasteiger partial charge < -0.3 is 4.90 Å². The highest BCUT2D eigenvalue weighted by Crippen LogP contribution is 2.34. The molecule has 8 heteroatoms. The number of rotatable bonds is 4. The summed E-state index contributed by atoms with van der Waals surface area (Å²) >= 11 is 0. The van der Waals surface area contributed by atoms with Crippen molar-refractivity contribution in [1.82, 2.24) is 24.8 Å². The number of hydrogen-bond donors (Lipinski definition) is 0. The van der Waals surface area contributed by atoms with Crippen molar-refractivity contribution in [2.75, 3.05) is 24.5 Å². The van der Waals surface area contributed by atoms with Crippen LogP contribution < -0.4 is 4.90 Å². The Bertz CT molecular complexity index is 1010. The Kier molecular flexibility index (Phi) is 6.33. The molecule has 5 rings (SSSR count). The first-order valence-corrected chi connectivity index (χ1v) is 12.3.